The number of pyridine rings is 1. The number of nitrogens with one attached hydrogen (secondary N) is 1. The molecule has 0 aliphatic carbocycles. The van der Waals surface area contributed by atoms with Crippen LogP contribution in [0.25, 0.3) is 0 Å². The van der Waals surface area contributed by atoms with Crippen molar-refractivity contribution in [2.24, 2.45) is 0 Å². The lowest BCUT2D eigenvalue weighted by Gasteiger charge is -2.10. The molecule has 0 fully saturated rings. The Hall–Kier alpha value is -2.05. The van der Waals surface area contributed by atoms with Gasteiger partial charge in [0.05, 0.1) is 17.2 Å². The molecule has 0 aliphatic heterocycles. The summed E-state index contributed by atoms with van der Waals surface area (Å²) in [7, 11) is 0. The van der Waals surface area contributed by atoms with Gasteiger partial charge in [0, 0.05) is 16.9 Å². The van der Waals surface area contributed by atoms with Gasteiger partial charge in [0.15, 0.2) is 0 Å². The summed E-state index contributed by atoms with van der Waals surface area (Å²) < 4.78 is 4.95. The predicted octanol–water partition coefficient (Wildman–Crippen LogP) is 4.03. The van der Waals surface area contributed by atoms with Gasteiger partial charge in [-0.1, -0.05) is 23.4 Å². The number of carbonyl (C=O) groups is 2. The molecule has 126 valence electrons. The third-order valence-corrected chi connectivity index (χ3v) is 4.30. The molecule has 24 heavy (non-hydrogen) atoms. The van der Waals surface area contributed by atoms with Crippen LogP contribution in [0.2, 0.25) is 5.02 Å². The van der Waals surface area contributed by atoms with Gasteiger partial charge in [-0.15, -0.1) is 0 Å². The van der Waals surface area contributed by atoms with Crippen molar-refractivity contribution in [3.63, 3.8) is 0 Å². The highest BCUT2D eigenvalue weighted by Gasteiger charge is 2.16. The molecule has 0 radical (unpaired) electrons. The van der Waals surface area contributed by atoms with Crippen LogP contribution in [-0.4, -0.2) is 28.7 Å². The number of hydrogen-bond acceptors (Lipinski definition) is 5. The summed E-state index contributed by atoms with van der Waals surface area (Å²) in [6, 6.07) is 10.2. The number of esters is 1. The number of halogens is 1. The van der Waals surface area contributed by atoms with E-state index < -0.39 is 0 Å². The molecule has 1 amide bonds. The van der Waals surface area contributed by atoms with Gasteiger partial charge in [-0.05, 0) is 50.2 Å². The minimum absolute atomic E-state index is 0.264. The molecule has 1 aromatic carbocycles. The van der Waals surface area contributed by atoms with Crippen LogP contribution in [-0.2, 0) is 9.53 Å². The summed E-state index contributed by atoms with van der Waals surface area (Å²) in [5.74, 6) is -0.548. The number of carbonyl (C=O) groups excluding carboxylic acids is 2. The van der Waals surface area contributed by atoms with Crippen molar-refractivity contribution in [2.45, 2.75) is 24.1 Å². The van der Waals surface area contributed by atoms with Crippen LogP contribution < -0.4 is 5.32 Å². The monoisotopic (exact) mass is 364 g/mol. The lowest BCUT2D eigenvalue weighted by atomic mass is 10.2. The maximum absolute atomic E-state index is 12.2. The van der Waals surface area contributed by atoms with Crippen LogP contribution in [0.3, 0.4) is 0 Å². The summed E-state index contributed by atoms with van der Waals surface area (Å²) >= 11 is 7.09. The molecule has 2 rings (SSSR count). The second-order valence-corrected chi connectivity index (χ2v) is 6.66. The molecule has 0 bridgehead atoms. The molecule has 1 atom stereocenters. The van der Waals surface area contributed by atoms with Crippen molar-refractivity contribution in [1.82, 2.24) is 4.98 Å². The Morgan fingerprint density at radius 2 is 1.96 bits per heavy atom. The topological polar surface area (TPSA) is 68.3 Å². The van der Waals surface area contributed by atoms with Gasteiger partial charge in [-0.2, -0.15) is 0 Å². The van der Waals surface area contributed by atoms with E-state index in [2.05, 4.69) is 10.3 Å². The van der Waals surface area contributed by atoms with Crippen LogP contribution in [0, 0.1) is 0 Å². The van der Waals surface area contributed by atoms with E-state index >= 15 is 0 Å². The third kappa shape index (κ3) is 5.25. The van der Waals surface area contributed by atoms with Crippen LogP contribution in [0.4, 0.5) is 5.69 Å². The van der Waals surface area contributed by atoms with Gasteiger partial charge in [0.2, 0.25) is 0 Å². The van der Waals surface area contributed by atoms with Crippen molar-refractivity contribution in [2.75, 3.05) is 11.9 Å². The zero-order chi connectivity index (χ0) is 17.5. The summed E-state index contributed by atoms with van der Waals surface area (Å²) in [4.78, 5) is 28.0. The standard InChI is InChI=1S/C17H17ClN2O3S/c1-3-23-17(22)11(2)24-15-9-4-12(10-19-15)16(21)20-14-7-5-13(18)6-8-14/h4-11H,3H2,1-2H3,(H,20,21). The first kappa shape index (κ1) is 18.3. The average Bonchev–Trinajstić information content (AvgIpc) is 2.57. The van der Waals surface area contributed by atoms with Gasteiger partial charge in [-0.25, -0.2) is 4.98 Å². The Balaban J connectivity index is 1.97. The first-order chi connectivity index (χ1) is 11.5. The van der Waals surface area contributed by atoms with Crippen molar-refractivity contribution in [1.29, 1.82) is 0 Å². The molecular formula is C17H17ClN2O3S. The summed E-state index contributed by atoms with van der Waals surface area (Å²) in [6.45, 7) is 3.87. The van der Waals surface area contributed by atoms with Gasteiger partial charge >= 0.3 is 5.97 Å². The predicted molar refractivity (Wildman–Crippen MR) is 95.6 cm³/mol. The Labute approximate surface area is 149 Å². The van der Waals surface area contributed by atoms with Gasteiger partial charge < -0.3 is 10.1 Å². The Morgan fingerprint density at radius 1 is 1.25 bits per heavy atom. The summed E-state index contributed by atoms with van der Waals surface area (Å²) in [6.07, 6.45) is 1.48. The molecule has 1 aromatic heterocycles. The number of rotatable bonds is 6. The van der Waals surface area contributed by atoms with Crippen LogP contribution >= 0.6 is 23.4 Å². The van der Waals surface area contributed by atoms with Crippen LogP contribution in [0.15, 0.2) is 47.6 Å². The van der Waals surface area contributed by atoms with E-state index in [-0.39, 0.29) is 17.1 Å². The minimum Gasteiger partial charge on any atom is -0.465 e. The number of anilines is 1. The zero-order valence-electron chi connectivity index (χ0n) is 13.3. The van der Waals surface area contributed by atoms with E-state index in [4.69, 9.17) is 16.3 Å². The Kier molecular flexibility index (Phi) is 6.63. The number of amides is 1. The third-order valence-electron chi connectivity index (χ3n) is 3.02. The zero-order valence-corrected chi connectivity index (χ0v) is 14.9. The molecule has 2 aromatic rings. The van der Waals surface area contributed by atoms with Crippen molar-refractivity contribution < 1.29 is 14.3 Å². The molecule has 1 heterocycles. The van der Waals surface area contributed by atoms with Crippen LogP contribution in [0.5, 0.6) is 0 Å². The molecule has 1 unspecified atom stereocenters. The van der Waals surface area contributed by atoms with E-state index in [1.54, 1.807) is 50.2 Å². The smallest absolute Gasteiger partial charge is 0.319 e. The number of benzene rings is 1. The Bertz CT molecular complexity index is 705. The second kappa shape index (κ2) is 8.70. The van der Waals surface area contributed by atoms with Crippen molar-refractivity contribution in [3.05, 3.63) is 53.2 Å². The molecule has 0 spiro atoms. The molecule has 1 N–H and O–H groups in total. The van der Waals surface area contributed by atoms with Crippen LogP contribution in [0.1, 0.15) is 24.2 Å². The molecular weight excluding hydrogens is 348 g/mol. The molecule has 5 nitrogen and oxygen atoms in total. The van der Waals surface area contributed by atoms with E-state index in [1.807, 2.05) is 0 Å². The highest BCUT2D eigenvalue weighted by atomic mass is 35.5. The van der Waals surface area contributed by atoms with Gasteiger partial charge in [0.1, 0.15) is 5.25 Å². The van der Waals surface area contributed by atoms with E-state index in [0.29, 0.717) is 27.9 Å². The van der Waals surface area contributed by atoms with Gasteiger partial charge in [-0.3, -0.25) is 9.59 Å². The van der Waals surface area contributed by atoms with E-state index in [1.165, 1.54) is 18.0 Å². The fourth-order valence-electron chi connectivity index (χ4n) is 1.81. The molecule has 0 aliphatic rings. The van der Waals surface area contributed by atoms with Crippen molar-refractivity contribution >= 4 is 40.9 Å². The summed E-state index contributed by atoms with van der Waals surface area (Å²) in [5.41, 5.74) is 1.08. The second-order valence-electron chi connectivity index (χ2n) is 4.86. The molecule has 7 heteroatoms. The normalized spacial score (nSPS) is 11.6. The maximum atomic E-state index is 12.2. The maximum Gasteiger partial charge on any atom is 0.319 e. The fraction of sp³-hybridized carbons (Fsp3) is 0.235. The Morgan fingerprint density at radius 3 is 2.54 bits per heavy atom. The first-order valence-electron chi connectivity index (χ1n) is 7.36. The summed E-state index contributed by atoms with van der Waals surface area (Å²) in [5, 5.41) is 3.66. The van der Waals surface area contributed by atoms with E-state index in [0.717, 1.165) is 0 Å². The largest absolute Gasteiger partial charge is 0.465 e. The highest BCUT2D eigenvalue weighted by Crippen LogP contribution is 2.22. The van der Waals surface area contributed by atoms with Crippen molar-refractivity contribution in [3.8, 4) is 0 Å². The highest BCUT2D eigenvalue weighted by molar-refractivity contribution is 8.00. The first-order valence-corrected chi connectivity index (χ1v) is 8.61. The number of aromatic nitrogens is 1. The quantitative estimate of drug-likeness (QED) is 0.619. The SMILES string of the molecule is CCOC(=O)C(C)Sc1ccc(C(=O)Nc2ccc(Cl)cc2)cn1. The van der Waals surface area contributed by atoms with Gasteiger partial charge in [0.25, 0.3) is 5.91 Å². The number of nitrogens with zero attached hydrogens (tertiary/aromatic N) is 1. The number of thioether (sulfide) groups is 1. The number of ether oxygens (including phenoxy) is 1. The van der Waals surface area contributed by atoms with E-state index in [9.17, 15) is 9.59 Å². The molecule has 0 saturated carbocycles. The molecule has 0 saturated heterocycles. The lowest BCUT2D eigenvalue weighted by molar-refractivity contribution is -0.142. The fourth-order valence-corrected chi connectivity index (χ4v) is 2.72. The average molecular weight is 365 g/mol. The number of hydrogen-bond donors (Lipinski definition) is 1. The lowest BCUT2D eigenvalue weighted by Crippen LogP contribution is -2.17. The minimum atomic E-state index is -0.355.